The minimum atomic E-state index is -0.0202. The number of hydrogen-bond acceptors (Lipinski definition) is 3. The van der Waals surface area contributed by atoms with E-state index in [0.29, 0.717) is 13.0 Å². The number of benzene rings is 1. The van der Waals surface area contributed by atoms with Gasteiger partial charge in [0, 0.05) is 31.5 Å². The van der Waals surface area contributed by atoms with E-state index in [1.807, 2.05) is 41.2 Å². The van der Waals surface area contributed by atoms with E-state index in [4.69, 9.17) is 0 Å². The Bertz CT molecular complexity index is 779. The third-order valence-electron chi connectivity index (χ3n) is 3.27. The van der Waals surface area contributed by atoms with Crippen LogP contribution < -0.4 is 5.32 Å². The number of hydrogen-bond donors (Lipinski definition) is 1. The molecule has 0 bridgehead atoms. The molecule has 0 aliphatic heterocycles. The van der Waals surface area contributed by atoms with Gasteiger partial charge in [0.2, 0.25) is 5.91 Å². The van der Waals surface area contributed by atoms with E-state index in [9.17, 15) is 4.79 Å². The fourth-order valence-corrected chi connectivity index (χ4v) is 2.20. The summed E-state index contributed by atoms with van der Waals surface area (Å²) in [5.41, 5.74) is 2.90. The topological polar surface area (TPSA) is 59.8 Å². The zero-order valence-electron chi connectivity index (χ0n) is 11.8. The molecular weight excluding hydrogens is 264 g/mol. The van der Waals surface area contributed by atoms with Crippen LogP contribution in [0.1, 0.15) is 12.6 Å². The molecule has 2 heterocycles. The molecule has 0 saturated carbocycles. The van der Waals surface area contributed by atoms with Gasteiger partial charge < -0.3 is 9.88 Å². The van der Waals surface area contributed by atoms with Crippen molar-refractivity contribution >= 4 is 16.8 Å². The van der Waals surface area contributed by atoms with Gasteiger partial charge in [-0.25, -0.2) is 4.98 Å². The van der Waals surface area contributed by atoms with Gasteiger partial charge in [0.15, 0.2) is 0 Å². The lowest BCUT2D eigenvalue weighted by Crippen LogP contribution is -2.22. The molecule has 0 aliphatic rings. The van der Waals surface area contributed by atoms with Crippen LogP contribution in [-0.4, -0.2) is 27.0 Å². The minimum absolute atomic E-state index is 0.0202. The van der Waals surface area contributed by atoms with Gasteiger partial charge in [-0.1, -0.05) is 18.2 Å². The smallest absolute Gasteiger partial charge is 0.216 e. The molecular formula is C16H16N4O. The van der Waals surface area contributed by atoms with Gasteiger partial charge in [0.05, 0.1) is 29.4 Å². The molecule has 0 saturated heterocycles. The Hall–Kier alpha value is -2.69. The van der Waals surface area contributed by atoms with E-state index in [0.717, 1.165) is 22.3 Å². The van der Waals surface area contributed by atoms with Crippen molar-refractivity contribution in [3.05, 3.63) is 54.7 Å². The quantitative estimate of drug-likeness (QED) is 0.796. The number of carbonyl (C=O) groups is 1. The predicted molar refractivity (Wildman–Crippen MR) is 81.3 cm³/mol. The molecule has 5 heteroatoms. The molecule has 5 nitrogen and oxygen atoms in total. The summed E-state index contributed by atoms with van der Waals surface area (Å²) < 4.78 is 1.95. The van der Waals surface area contributed by atoms with Crippen LogP contribution in [0.4, 0.5) is 0 Å². The zero-order valence-corrected chi connectivity index (χ0v) is 11.8. The maximum atomic E-state index is 10.8. The highest BCUT2D eigenvalue weighted by Crippen LogP contribution is 2.16. The van der Waals surface area contributed by atoms with E-state index in [1.54, 1.807) is 6.33 Å². The summed E-state index contributed by atoms with van der Waals surface area (Å²) in [6.07, 6.45) is 6.29. The van der Waals surface area contributed by atoms with Crippen molar-refractivity contribution in [2.75, 3.05) is 6.54 Å². The van der Waals surface area contributed by atoms with Gasteiger partial charge in [-0.05, 0) is 12.1 Å². The van der Waals surface area contributed by atoms with Crippen molar-refractivity contribution in [3.8, 4) is 5.69 Å². The van der Waals surface area contributed by atoms with Crippen LogP contribution in [-0.2, 0) is 11.2 Å². The van der Waals surface area contributed by atoms with E-state index < -0.39 is 0 Å². The second-order valence-electron chi connectivity index (χ2n) is 4.89. The first-order chi connectivity index (χ1) is 10.2. The summed E-state index contributed by atoms with van der Waals surface area (Å²) in [5.74, 6) is -0.0202. The first-order valence-corrected chi connectivity index (χ1v) is 6.85. The molecule has 0 radical (unpaired) electrons. The van der Waals surface area contributed by atoms with Crippen LogP contribution in [0.15, 0.2) is 49.1 Å². The van der Waals surface area contributed by atoms with Crippen molar-refractivity contribution < 1.29 is 4.79 Å². The number of amides is 1. The van der Waals surface area contributed by atoms with Gasteiger partial charge >= 0.3 is 0 Å². The second-order valence-corrected chi connectivity index (χ2v) is 4.89. The fourth-order valence-electron chi connectivity index (χ4n) is 2.20. The summed E-state index contributed by atoms with van der Waals surface area (Å²) in [5, 5.41) is 3.87. The lowest BCUT2D eigenvalue weighted by atomic mass is 10.2. The van der Waals surface area contributed by atoms with Gasteiger partial charge in [-0.15, -0.1) is 0 Å². The summed E-state index contributed by atoms with van der Waals surface area (Å²) in [6, 6.07) is 10.1. The average molecular weight is 280 g/mol. The molecule has 0 aliphatic carbocycles. The summed E-state index contributed by atoms with van der Waals surface area (Å²) in [6.45, 7) is 2.11. The maximum absolute atomic E-state index is 10.8. The highest BCUT2D eigenvalue weighted by molar-refractivity contribution is 5.80. The molecule has 1 amide bonds. The fraction of sp³-hybridized carbons (Fsp3) is 0.188. The van der Waals surface area contributed by atoms with Crippen molar-refractivity contribution in [2.45, 2.75) is 13.3 Å². The van der Waals surface area contributed by atoms with Crippen LogP contribution in [0.2, 0.25) is 0 Å². The Balaban J connectivity index is 1.79. The summed E-state index contributed by atoms with van der Waals surface area (Å²) >= 11 is 0. The molecule has 3 aromatic rings. The molecule has 21 heavy (non-hydrogen) atoms. The highest BCUT2D eigenvalue weighted by Gasteiger charge is 2.03. The SMILES string of the molecule is CC(=O)NCCc1cn(-c2cnc3ccccc3c2)cn1. The largest absolute Gasteiger partial charge is 0.356 e. The standard InChI is InChI=1S/C16H16N4O/c1-12(21)17-7-6-14-10-20(11-19-14)15-8-13-4-2-3-5-16(13)18-9-15/h2-5,8-11H,6-7H2,1H3,(H,17,21). The minimum Gasteiger partial charge on any atom is -0.356 e. The van der Waals surface area contributed by atoms with Gasteiger partial charge in [0.1, 0.15) is 0 Å². The molecule has 0 unspecified atom stereocenters. The molecule has 1 aromatic carbocycles. The number of pyridine rings is 1. The van der Waals surface area contributed by atoms with E-state index >= 15 is 0 Å². The lowest BCUT2D eigenvalue weighted by Gasteiger charge is -2.03. The number of para-hydroxylation sites is 1. The Labute approximate surface area is 122 Å². The molecule has 2 aromatic heterocycles. The number of imidazole rings is 1. The number of carbonyl (C=O) groups excluding carboxylic acids is 1. The van der Waals surface area contributed by atoms with E-state index in [2.05, 4.69) is 21.4 Å². The monoisotopic (exact) mass is 280 g/mol. The molecule has 3 rings (SSSR count). The Morgan fingerprint density at radius 3 is 3.00 bits per heavy atom. The second kappa shape index (κ2) is 5.75. The zero-order chi connectivity index (χ0) is 14.7. The number of nitrogens with one attached hydrogen (secondary N) is 1. The van der Waals surface area contributed by atoms with Crippen LogP contribution in [0.5, 0.6) is 0 Å². The molecule has 1 N–H and O–H groups in total. The average Bonchev–Trinajstić information content (AvgIpc) is 2.95. The number of nitrogens with zero attached hydrogens (tertiary/aromatic N) is 3. The number of fused-ring (bicyclic) bond motifs is 1. The van der Waals surface area contributed by atoms with Gasteiger partial charge in [0.25, 0.3) is 0 Å². The van der Waals surface area contributed by atoms with Crippen LogP contribution in [0, 0.1) is 0 Å². The third-order valence-corrected chi connectivity index (χ3v) is 3.27. The van der Waals surface area contributed by atoms with Crippen molar-refractivity contribution in [3.63, 3.8) is 0 Å². The lowest BCUT2D eigenvalue weighted by molar-refractivity contribution is -0.118. The van der Waals surface area contributed by atoms with Crippen molar-refractivity contribution in [2.24, 2.45) is 0 Å². The van der Waals surface area contributed by atoms with Crippen LogP contribution >= 0.6 is 0 Å². The summed E-state index contributed by atoms with van der Waals surface area (Å²) in [4.78, 5) is 19.6. The third kappa shape index (κ3) is 3.08. The van der Waals surface area contributed by atoms with Crippen LogP contribution in [0.3, 0.4) is 0 Å². The molecule has 0 fully saturated rings. The van der Waals surface area contributed by atoms with E-state index in [1.165, 1.54) is 6.92 Å². The first kappa shape index (κ1) is 13.3. The number of aromatic nitrogens is 3. The highest BCUT2D eigenvalue weighted by atomic mass is 16.1. The molecule has 0 atom stereocenters. The van der Waals surface area contributed by atoms with Crippen molar-refractivity contribution in [1.29, 1.82) is 0 Å². The summed E-state index contributed by atoms with van der Waals surface area (Å²) in [7, 11) is 0. The normalized spacial score (nSPS) is 10.7. The van der Waals surface area contributed by atoms with Crippen LogP contribution in [0.25, 0.3) is 16.6 Å². The Morgan fingerprint density at radius 2 is 2.14 bits per heavy atom. The Morgan fingerprint density at radius 1 is 1.29 bits per heavy atom. The van der Waals surface area contributed by atoms with Gasteiger partial charge in [-0.2, -0.15) is 0 Å². The Kier molecular flexibility index (Phi) is 3.64. The van der Waals surface area contributed by atoms with Crippen molar-refractivity contribution in [1.82, 2.24) is 19.9 Å². The van der Waals surface area contributed by atoms with Gasteiger partial charge in [-0.3, -0.25) is 9.78 Å². The predicted octanol–water partition coefficient (Wildman–Crippen LogP) is 2.10. The van der Waals surface area contributed by atoms with E-state index in [-0.39, 0.29) is 5.91 Å². The molecule has 106 valence electrons. The number of rotatable bonds is 4. The molecule has 0 spiro atoms. The maximum Gasteiger partial charge on any atom is 0.216 e. The first-order valence-electron chi connectivity index (χ1n) is 6.85.